The third-order valence-electron chi connectivity index (χ3n) is 3.18. The monoisotopic (exact) mass is 236 g/mol. The maximum Gasteiger partial charge on any atom is 0.242 e. The van der Waals surface area contributed by atoms with Crippen LogP contribution in [-0.4, -0.2) is 39.7 Å². The molecule has 1 heterocycles. The normalized spacial score (nSPS) is 14.8. The molecule has 2 rings (SSSR count). The van der Waals surface area contributed by atoms with Gasteiger partial charge in [0.15, 0.2) is 0 Å². The van der Waals surface area contributed by atoms with Gasteiger partial charge in [-0.3, -0.25) is 9.48 Å². The van der Waals surface area contributed by atoms with Crippen molar-refractivity contribution in [3.63, 3.8) is 0 Å². The van der Waals surface area contributed by atoms with Gasteiger partial charge in [-0.1, -0.05) is 0 Å². The molecule has 0 unspecified atom stereocenters. The molecule has 0 saturated heterocycles. The van der Waals surface area contributed by atoms with Crippen LogP contribution in [0, 0.1) is 6.92 Å². The predicted octanol–water partition coefficient (Wildman–Crippen LogP) is 1.15. The van der Waals surface area contributed by atoms with Crippen molar-refractivity contribution in [3.8, 4) is 0 Å². The highest BCUT2D eigenvalue weighted by Crippen LogP contribution is 2.26. The fourth-order valence-corrected chi connectivity index (χ4v) is 1.94. The average molecular weight is 236 g/mol. The highest BCUT2D eigenvalue weighted by Gasteiger charge is 2.30. The highest BCUT2D eigenvalue weighted by molar-refractivity contribution is 5.81. The third-order valence-corrected chi connectivity index (χ3v) is 3.18. The number of anilines is 1. The number of hydrogen-bond donors (Lipinski definition) is 1. The Balaban J connectivity index is 1.86. The standard InChI is InChI=1S/C12H20N4O/c1-4-16(10-5-6-10)12(17)8-13-11-7-9(2)15(3)14-11/h7,10H,4-6,8H2,1-3H3,(H,13,14). The van der Waals surface area contributed by atoms with Crippen molar-refractivity contribution in [2.24, 2.45) is 7.05 Å². The lowest BCUT2D eigenvalue weighted by Crippen LogP contribution is -2.37. The van der Waals surface area contributed by atoms with E-state index in [9.17, 15) is 4.79 Å². The fraction of sp³-hybridized carbons (Fsp3) is 0.667. The van der Waals surface area contributed by atoms with Gasteiger partial charge in [0.05, 0.1) is 6.54 Å². The van der Waals surface area contributed by atoms with Crippen LogP contribution in [0.15, 0.2) is 6.07 Å². The van der Waals surface area contributed by atoms with E-state index in [4.69, 9.17) is 0 Å². The van der Waals surface area contributed by atoms with Gasteiger partial charge in [-0.2, -0.15) is 5.10 Å². The largest absolute Gasteiger partial charge is 0.360 e. The summed E-state index contributed by atoms with van der Waals surface area (Å²) in [4.78, 5) is 13.9. The van der Waals surface area contributed by atoms with E-state index in [1.165, 1.54) is 0 Å². The minimum absolute atomic E-state index is 0.165. The van der Waals surface area contributed by atoms with Crippen molar-refractivity contribution in [1.29, 1.82) is 0 Å². The average Bonchev–Trinajstić information content (AvgIpc) is 3.06. The van der Waals surface area contributed by atoms with Crippen LogP contribution in [0.3, 0.4) is 0 Å². The summed E-state index contributed by atoms with van der Waals surface area (Å²) in [6.07, 6.45) is 2.31. The molecule has 17 heavy (non-hydrogen) atoms. The maximum atomic E-state index is 11.9. The number of rotatable bonds is 5. The maximum absolute atomic E-state index is 11.9. The van der Waals surface area contributed by atoms with E-state index in [0.29, 0.717) is 12.6 Å². The van der Waals surface area contributed by atoms with Gasteiger partial charge in [-0.15, -0.1) is 0 Å². The first-order valence-electron chi connectivity index (χ1n) is 6.15. The minimum Gasteiger partial charge on any atom is -0.360 e. The van der Waals surface area contributed by atoms with E-state index in [0.717, 1.165) is 30.9 Å². The second-order valence-corrected chi connectivity index (χ2v) is 4.56. The molecular formula is C12H20N4O. The van der Waals surface area contributed by atoms with Crippen molar-refractivity contribution in [2.75, 3.05) is 18.4 Å². The Morgan fingerprint density at radius 3 is 2.82 bits per heavy atom. The van der Waals surface area contributed by atoms with E-state index in [-0.39, 0.29) is 5.91 Å². The molecule has 0 radical (unpaired) electrons. The van der Waals surface area contributed by atoms with Gasteiger partial charge < -0.3 is 10.2 Å². The summed E-state index contributed by atoms with van der Waals surface area (Å²) < 4.78 is 1.80. The van der Waals surface area contributed by atoms with Gasteiger partial charge in [0, 0.05) is 31.4 Å². The van der Waals surface area contributed by atoms with E-state index in [1.54, 1.807) is 4.68 Å². The molecule has 1 amide bonds. The van der Waals surface area contributed by atoms with Crippen LogP contribution in [0.25, 0.3) is 0 Å². The molecule has 5 nitrogen and oxygen atoms in total. The van der Waals surface area contributed by atoms with Crippen molar-refractivity contribution < 1.29 is 4.79 Å². The van der Waals surface area contributed by atoms with Gasteiger partial charge in [0.1, 0.15) is 5.82 Å². The molecule has 1 aromatic heterocycles. The fourth-order valence-electron chi connectivity index (χ4n) is 1.94. The predicted molar refractivity (Wildman–Crippen MR) is 66.8 cm³/mol. The van der Waals surface area contributed by atoms with Crippen LogP contribution in [0.2, 0.25) is 0 Å². The summed E-state index contributed by atoms with van der Waals surface area (Å²) in [6.45, 7) is 5.15. The van der Waals surface area contributed by atoms with Crippen LogP contribution >= 0.6 is 0 Å². The number of hydrogen-bond acceptors (Lipinski definition) is 3. The molecule has 0 aromatic carbocycles. The topological polar surface area (TPSA) is 50.2 Å². The molecule has 0 aliphatic heterocycles. The molecule has 1 aliphatic carbocycles. The Kier molecular flexibility index (Phi) is 3.36. The second kappa shape index (κ2) is 4.77. The minimum atomic E-state index is 0.165. The lowest BCUT2D eigenvalue weighted by atomic mass is 10.4. The van der Waals surface area contributed by atoms with E-state index in [2.05, 4.69) is 10.4 Å². The Hall–Kier alpha value is -1.52. The lowest BCUT2D eigenvalue weighted by molar-refractivity contribution is -0.129. The number of aryl methyl sites for hydroxylation is 2. The zero-order chi connectivity index (χ0) is 12.4. The third kappa shape index (κ3) is 2.78. The first kappa shape index (κ1) is 12.0. The van der Waals surface area contributed by atoms with Gasteiger partial charge in [0.25, 0.3) is 0 Å². The van der Waals surface area contributed by atoms with Crippen molar-refractivity contribution >= 4 is 11.7 Å². The van der Waals surface area contributed by atoms with Crippen LogP contribution in [0.1, 0.15) is 25.5 Å². The molecule has 94 valence electrons. The molecule has 1 aromatic rings. The summed E-state index contributed by atoms with van der Waals surface area (Å²) >= 11 is 0. The number of nitrogens with zero attached hydrogens (tertiary/aromatic N) is 3. The molecule has 1 aliphatic rings. The number of nitrogens with one attached hydrogen (secondary N) is 1. The smallest absolute Gasteiger partial charge is 0.242 e. The van der Waals surface area contributed by atoms with Crippen molar-refractivity contribution in [2.45, 2.75) is 32.7 Å². The zero-order valence-electron chi connectivity index (χ0n) is 10.7. The first-order chi connectivity index (χ1) is 8.11. The quantitative estimate of drug-likeness (QED) is 0.834. The number of amides is 1. The Labute approximate surface area is 102 Å². The second-order valence-electron chi connectivity index (χ2n) is 4.56. The van der Waals surface area contributed by atoms with Gasteiger partial charge in [-0.05, 0) is 26.7 Å². The van der Waals surface area contributed by atoms with E-state index >= 15 is 0 Å². The molecule has 0 spiro atoms. The molecule has 5 heteroatoms. The van der Waals surface area contributed by atoms with Gasteiger partial charge >= 0.3 is 0 Å². The molecule has 1 N–H and O–H groups in total. The number of likely N-dealkylation sites (N-methyl/N-ethyl adjacent to an activating group) is 1. The molecule has 1 saturated carbocycles. The molecule has 0 bridgehead atoms. The van der Waals surface area contributed by atoms with E-state index in [1.807, 2.05) is 31.9 Å². The van der Waals surface area contributed by atoms with Crippen LogP contribution in [-0.2, 0) is 11.8 Å². The zero-order valence-corrected chi connectivity index (χ0v) is 10.7. The summed E-state index contributed by atoms with van der Waals surface area (Å²) in [6, 6.07) is 2.43. The summed E-state index contributed by atoms with van der Waals surface area (Å²) in [7, 11) is 1.89. The molecular weight excluding hydrogens is 216 g/mol. The van der Waals surface area contributed by atoms with Crippen molar-refractivity contribution in [3.05, 3.63) is 11.8 Å². The summed E-state index contributed by atoms with van der Waals surface area (Å²) in [5.74, 6) is 0.934. The lowest BCUT2D eigenvalue weighted by Gasteiger charge is -2.20. The molecule has 1 fully saturated rings. The Bertz CT molecular complexity index is 389. The van der Waals surface area contributed by atoms with Gasteiger partial charge in [0.2, 0.25) is 5.91 Å². The number of carbonyl (C=O) groups is 1. The highest BCUT2D eigenvalue weighted by atomic mass is 16.2. The SMILES string of the molecule is CCN(C(=O)CNc1cc(C)n(C)n1)C1CC1. The Morgan fingerprint density at radius 1 is 1.65 bits per heavy atom. The number of carbonyl (C=O) groups excluding carboxylic acids is 1. The number of aromatic nitrogens is 2. The summed E-state index contributed by atoms with van der Waals surface area (Å²) in [5.41, 5.74) is 1.08. The summed E-state index contributed by atoms with van der Waals surface area (Å²) in [5, 5.41) is 7.34. The van der Waals surface area contributed by atoms with Crippen LogP contribution < -0.4 is 5.32 Å². The van der Waals surface area contributed by atoms with Gasteiger partial charge in [-0.25, -0.2) is 0 Å². The van der Waals surface area contributed by atoms with Crippen LogP contribution in [0.5, 0.6) is 0 Å². The Morgan fingerprint density at radius 2 is 2.35 bits per heavy atom. The van der Waals surface area contributed by atoms with Crippen LogP contribution in [0.4, 0.5) is 5.82 Å². The van der Waals surface area contributed by atoms with E-state index < -0.39 is 0 Å². The first-order valence-corrected chi connectivity index (χ1v) is 6.15. The molecule has 0 atom stereocenters. The van der Waals surface area contributed by atoms with Crippen molar-refractivity contribution in [1.82, 2.24) is 14.7 Å².